The van der Waals surface area contributed by atoms with Gasteiger partial charge in [-0.2, -0.15) is 0 Å². The molecule has 0 radical (unpaired) electrons. The first kappa shape index (κ1) is 13.7. The van der Waals surface area contributed by atoms with Crippen LogP contribution in [0.15, 0.2) is 42.6 Å². The largest absolute Gasteiger partial charge is 0.321 e. The van der Waals surface area contributed by atoms with Crippen molar-refractivity contribution in [3.8, 4) is 11.8 Å². The Kier molecular flexibility index (Phi) is 4.43. The summed E-state index contributed by atoms with van der Waals surface area (Å²) in [7, 11) is 0. The van der Waals surface area contributed by atoms with E-state index >= 15 is 0 Å². The van der Waals surface area contributed by atoms with Gasteiger partial charge in [0.1, 0.15) is 11.5 Å². The number of pyridine rings is 1. The Balaban J connectivity index is 2.25. The van der Waals surface area contributed by atoms with Crippen LogP contribution in [0.3, 0.4) is 0 Å². The predicted molar refractivity (Wildman–Crippen MR) is 74.5 cm³/mol. The molecular formula is C15H12FN3O. The van der Waals surface area contributed by atoms with E-state index in [0.717, 1.165) is 0 Å². The standard InChI is InChI=1S/C15H12FN3O/c16-12-6-1-7-13(10-12)19-15(20)14-11(4-2-8-17)5-3-9-18-14/h1,3,5-7,9-10H,8,17H2,(H,19,20). The number of hydrogen-bond acceptors (Lipinski definition) is 3. The van der Waals surface area contributed by atoms with Gasteiger partial charge in [-0.15, -0.1) is 0 Å². The van der Waals surface area contributed by atoms with Crippen LogP contribution in [0.1, 0.15) is 16.1 Å². The van der Waals surface area contributed by atoms with Crippen molar-refractivity contribution in [3.63, 3.8) is 0 Å². The molecule has 1 heterocycles. The van der Waals surface area contributed by atoms with E-state index in [1.807, 2.05) is 0 Å². The van der Waals surface area contributed by atoms with E-state index in [4.69, 9.17) is 5.73 Å². The number of aromatic nitrogens is 1. The minimum Gasteiger partial charge on any atom is -0.321 e. The summed E-state index contributed by atoms with van der Waals surface area (Å²) in [6.07, 6.45) is 1.49. The number of benzene rings is 1. The van der Waals surface area contributed by atoms with Gasteiger partial charge in [0.25, 0.3) is 5.91 Å². The number of carbonyl (C=O) groups excluding carboxylic acids is 1. The van der Waals surface area contributed by atoms with Gasteiger partial charge in [0, 0.05) is 11.9 Å². The number of amides is 1. The number of halogens is 1. The fourth-order valence-electron chi connectivity index (χ4n) is 1.59. The van der Waals surface area contributed by atoms with Gasteiger partial charge in [0.15, 0.2) is 0 Å². The van der Waals surface area contributed by atoms with Gasteiger partial charge >= 0.3 is 0 Å². The maximum atomic E-state index is 13.1. The Labute approximate surface area is 115 Å². The highest BCUT2D eigenvalue weighted by Crippen LogP contribution is 2.12. The SMILES string of the molecule is NCC#Cc1cccnc1C(=O)Nc1cccc(F)c1. The molecule has 0 fully saturated rings. The van der Waals surface area contributed by atoms with E-state index in [-0.39, 0.29) is 12.2 Å². The zero-order chi connectivity index (χ0) is 14.4. The molecule has 0 spiro atoms. The molecule has 2 rings (SSSR count). The van der Waals surface area contributed by atoms with E-state index in [1.165, 1.54) is 24.4 Å². The van der Waals surface area contributed by atoms with E-state index in [1.54, 1.807) is 18.2 Å². The highest BCUT2D eigenvalue weighted by molar-refractivity contribution is 6.04. The van der Waals surface area contributed by atoms with Crippen molar-refractivity contribution in [2.75, 3.05) is 11.9 Å². The monoisotopic (exact) mass is 269 g/mol. The molecule has 0 bridgehead atoms. The van der Waals surface area contributed by atoms with Gasteiger partial charge in [-0.1, -0.05) is 17.9 Å². The number of nitrogens with zero attached hydrogens (tertiary/aromatic N) is 1. The van der Waals surface area contributed by atoms with Crippen LogP contribution < -0.4 is 11.1 Å². The molecule has 0 aliphatic rings. The van der Waals surface area contributed by atoms with Crippen molar-refractivity contribution in [1.82, 2.24) is 4.98 Å². The first-order valence-electron chi connectivity index (χ1n) is 5.91. The molecule has 0 aliphatic carbocycles. The molecule has 0 atom stereocenters. The van der Waals surface area contributed by atoms with Crippen LogP contribution in [0.4, 0.5) is 10.1 Å². The molecule has 1 aromatic carbocycles. The summed E-state index contributed by atoms with van der Waals surface area (Å²) in [5.74, 6) is 4.58. The smallest absolute Gasteiger partial charge is 0.275 e. The summed E-state index contributed by atoms with van der Waals surface area (Å²) in [4.78, 5) is 16.1. The molecule has 2 aromatic rings. The van der Waals surface area contributed by atoms with Crippen LogP contribution in [0.5, 0.6) is 0 Å². The van der Waals surface area contributed by atoms with Gasteiger partial charge in [0.2, 0.25) is 0 Å². The average Bonchev–Trinajstić information content (AvgIpc) is 2.45. The molecule has 0 saturated carbocycles. The number of rotatable bonds is 2. The van der Waals surface area contributed by atoms with Crippen molar-refractivity contribution >= 4 is 11.6 Å². The normalized spacial score (nSPS) is 9.50. The first-order chi connectivity index (χ1) is 9.70. The number of nitrogens with two attached hydrogens (primary N) is 1. The van der Waals surface area contributed by atoms with Gasteiger partial charge in [-0.05, 0) is 30.3 Å². The Morgan fingerprint density at radius 2 is 2.20 bits per heavy atom. The molecule has 1 aromatic heterocycles. The van der Waals surface area contributed by atoms with Crippen LogP contribution in [-0.4, -0.2) is 17.4 Å². The lowest BCUT2D eigenvalue weighted by Gasteiger charge is -2.06. The van der Waals surface area contributed by atoms with Crippen molar-refractivity contribution in [1.29, 1.82) is 0 Å². The molecule has 100 valence electrons. The van der Waals surface area contributed by atoms with Crippen LogP contribution in [0.25, 0.3) is 0 Å². The summed E-state index contributed by atoms with van der Waals surface area (Å²) in [6, 6.07) is 8.99. The third-order valence-electron chi connectivity index (χ3n) is 2.43. The van der Waals surface area contributed by atoms with Crippen molar-refractivity contribution in [2.24, 2.45) is 5.73 Å². The van der Waals surface area contributed by atoms with Crippen LogP contribution in [0.2, 0.25) is 0 Å². The number of anilines is 1. The maximum Gasteiger partial charge on any atom is 0.275 e. The molecule has 0 saturated heterocycles. The van der Waals surface area contributed by atoms with Crippen LogP contribution in [0, 0.1) is 17.7 Å². The Morgan fingerprint density at radius 1 is 1.35 bits per heavy atom. The third-order valence-corrected chi connectivity index (χ3v) is 2.43. The highest BCUT2D eigenvalue weighted by atomic mass is 19.1. The summed E-state index contributed by atoms with van der Waals surface area (Å²) >= 11 is 0. The number of carbonyl (C=O) groups is 1. The first-order valence-corrected chi connectivity index (χ1v) is 5.91. The topological polar surface area (TPSA) is 68.0 Å². The zero-order valence-corrected chi connectivity index (χ0v) is 10.6. The lowest BCUT2D eigenvalue weighted by Crippen LogP contribution is -2.15. The van der Waals surface area contributed by atoms with E-state index in [0.29, 0.717) is 11.3 Å². The minimum atomic E-state index is -0.447. The van der Waals surface area contributed by atoms with E-state index in [2.05, 4.69) is 22.1 Å². The molecular weight excluding hydrogens is 257 g/mol. The Bertz CT molecular complexity index is 689. The fraction of sp³-hybridized carbons (Fsp3) is 0.0667. The minimum absolute atomic E-state index is 0.178. The molecule has 5 heteroatoms. The van der Waals surface area contributed by atoms with Crippen molar-refractivity contribution < 1.29 is 9.18 Å². The molecule has 1 amide bonds. The van der Waals surface area contributed by atoms with Gasteiger partial charge in [-0.25, -0.2) is 9.37 Å². The third kappa shape index (κ3) is 3.40. The van der Waals surface area contributed by atoms with Gasteiger partial charge in [-0.3, -0.25) is 4.79 Å². The lowest BCUT2D eigenvalue weighted by atomic mass is 10.2. The lowest BCUT2D eigenvalue weighted by molar-refractivity contribution is 0.102. The van der Waals surface area contributed by atoms with Crippen molar-refractivity contribution in [2.45, 2.75) is 0 Å². The molecule has 4 nitrogen and oxygen atoms in total. The quantitative estimate of drug-likeness (QED) is 0.817. The molecule has 20 heavy (non-hydrogen) atoms. The van der Waals surface area contributed by atoms with Gasteiger partial charge in [0.05, 0.1) is 12.1 Å². The number of hydrogen-bond donors (Lipinski definition) is 2. The zero-order valence-electron chi connectivity index (χ0n) is 10.6. The van der Waals surface area contributed by atoms with E-state index in [9.17, 15) is 9.18 Å². The molecule has 3 N–H and O–H groups in total. The Morgan fingerprint density at radius 3 is 2.95 bits per heavy atom. The number of nitrogens with one attached hydrogen (secondary N) is 1. The summed E-state index contributed by atoms with van der Waals surface area (Å²) in [5, 5.41) is 2.58. The second-order valence-electron chi connectivity index (χ2n) is 3.87. The summed E-state index contributed by atoms with van der Waals surface area (Å²) in [5.41, 5.74) is 6.32. The molecule has 0 unspecified atom stereocenters. The summed E-state index contributed by atoms with van der Waals surface area (Å²) < 4.78 is 13.1. The van der Waals surface area contributed by atoms with Crippen LogP contribution >= 0.6 is 0 Å². The fourth-order valence-corrected chi connectivity index (χ4v) is 1.59. The second kappa shape index (κ2) is 6.45. The summed E-state index contributed by atoms with van der Waals surface area (Å²) in [6.45, 7) is 0.194. The van der Waals surface area contributed by atoms with Gasteiger partial charge < -0.3 is 11.1 Å². The van der Waals surface area contributed by atoms with Crippen LogP contribution in [-0.2, 0) is 0 Å². The van der Waals surface area contributed by atoms with Crippen molar-refractivity contribution in [3.05, 3.63) is 59.7 Å². The average molecular weight is 269 g/mol. The highest BCUT2D eigenvalue weighted by Gasteiger charge is 2.11. The predicted octanol–water partition coefficient (Wildman–Crippen LogP) is 1.78. The molecule has 0 aliphatic heterocycles. The Hall–Kier alpha value is -2.71. The maximum absolute atomic E-state index is 13.1. The second-order valence-corrected chi connectivity index (χ2v) is 3.87. The van der Waals surface area contributed by atoms with E-state index < -0.39 is 11.7 Å².